The third-order valence-electron chi connectivity index (χ3n) is 3.81. The zero-order valence-electron chi connectivity index (χ0n) is 13.3. The molecule has 1 heterocycles. The van der Waals surface area contributed by atoms with E-state index >= 15 is 0 Å². The maximum atomic E-state index is 13.4. The summed E-state index contributed by atoms with van der Waals surface area (Å²) in [6, 6.07) is 4.71. The summed E-state index contributed by atoms with van der Waals surface area (Å²) < 4.78 is 40.1. The largest absolute Gasteiger partial charge is 0.508 e. The zero-order valence-corrected chi connectivity index (χ0v) is 13.3. The predicted molar refractivity (Wildman–Crippen MR) is 81.4 cm³/mol. The Morgan fingerprint density at radius 1 is 1.33 bits per heavy atom. The molecular weight excluding hydrogens is 325 g/mol. The molecule has 1 aromatic carbocycles. The Labute approximate surface area is 137 Å². The van der Waals surface area contributed by atoms with Crippen molar-refractivity contribution in [2.75, 3.05) is 0 Å². The number of amides is 1. The molecule has 5 nitrogen and oxygen atoms in total. The lowest BCUT2D eigenvalue weighted by Gasteiger charge is -2.32. The number of benzene rings is 1. The van der Waals surface area contributed by atoms with E-state index in [4.69, 9.17) is 0 Å². The van der Waals surface area contributed by atoms with Crippen molar-refractivity contribution in [3.05, 3.63) is 29.8 Å². The summed E-state index contributed by atoms with van der Waals surface area (Å²) in [5, 5.41) is 23.2. The summed E-state index contributed by atoms with van der Waals surface area (Å²) in [5.74, 6) is -0.942. The van der Waals surface area contributed by atoms with Crippen LogP contribution >= 0.6 is 0 Å². The average Bonchev–Trinajstić information content (AvgIpc) is 2.83. The van der Waals surface area contributed by atoms with Gasteiger partial charge in [-0.15, -0.1) is 0 Å². The van der Waals surface area contributed by atoms with Gasteiger partial charge in [-0.05, 0) is 43.0 Å². The van der Waals surface area contributed by atoms with Crippen LogP contribution in [0.4, 0.5) is 13.2 Å². The van der Waals surface area contributed by atoms with Gasteiger partial charge in [0.15, 0.2) is 0 Å². The molecule has 0 fully saturated rings. The first kappa shape index (κ1) is 18.3. The van der Waals surface area contributed by atoms with Crippen molar-refractivity contribution in [1.82, 2.24) is 5.01 Å². The SMILES string of the molecule is CC(C)CCC1=NN(C(=O)c2ccc(O)cc2)C(O)(C(F)(F)F)C1. The molecule has 2 rings (SSSR count). The quantitative estimate of drug-likeness (QED) is 0.880. The van der Waals surface area contributed by atoms with Crippen LogP contribution in [-0.2, 0) is 0 Å². The lowest BCUT2D eigenvalue weighted by Crippen LogP contribution is -2.56. The Balaban J connectivity index is 2.33. The number of alkyl halides is 3. The standard InChI is InChI=1S/C16H19F3N2O3/c1-10(2)3-6-12-9-15(24,16(17,18)19)21(20-12)14(23)11-4-7-13(22)8-5-11/h4-5,7-8,10,22,24H,3,6,9H2,1-2H3. The van der Waals surface area contributed by atoms with E-state index in [0.29, 0.717) is 6.42 Å². The van der Waals surface area contributed by atoms with Crippen molar-refractivity contribution in [2.24, 2.45) is 11.0 Å². The lowest BCUT2D eigenvalue weighted by molar-refractivity contribution is -0.297. The molecule has 1 amide bonds. The molecular formula is C16H19F3N2O3. The fourth-order valence-electron chi connectivity index (χ4n) is 2.37. The highest BCUT2D eigenvalue weighted by atomic mass is 19.4. The molecule has 1 aromatic rings. The molecule has 0 bridgehead atoms. The van der Waals surface area contributed by atoms with Gasteiger partial charge in [0.1, 0.15) is 5.75 Å². The third kappa shape index (κ3) is 3.53. The lowest BCUT2D eigenvalue weighted by atomic mass is 9.99. The second-order valence-electron chi connectivity index (χ2n) is 6.25. The van der Waals surface area contributed by atoms with E-state index in [1.807, 2.05) is 13.8 Å². The summed E-state index contributed by atoms with van der Waals surface area (Å²) in [4.78, 5) is 12.4. The smallest absolute Gasteiger partial charge is 0.438 e. The van der Waals surface area contributed by atoms with Crippen molar-refractivity contribution < 1.29 is 28.2 Å². The Morgan fingerprint density at radius 2 is 1.92 bits per heavy atom. The van der Waals surface area contributed by atoms with Gasteiger partial charge in [-0.2, -0.15) is 23.3 Å². The number of carbonyl (C=O) groups is 1. The molecule has 132 valence electrons. The summed E-state index contributed by atoms with van der Waals surface area (Å²) >= 11 is 0. The summed E-state index contributed by atoms with van der Waals surface area (Å²) in [6.07, 6.45) is -4.92. The van der Waals surface area contributed by atoms with Gasteiger partial charge in [0.2, 0.25) is 0 Å². The van der Waals surface area contributed by atoms with E-state index in [-0.39, 0.29) is 34.4 Å². The minimum absolute atomic E-state index is 0.106. The molecule has 8 heteroatoms. The molecule has 0 saturated carbocycles. The maximum absolute atomic E-state index is 13.4. The number of phenolic OH excluding ortho intramolecular Hbond substituents is 1. The van der Waals surface area contributed by atoms with Crippen LogP contribution in [0.15, 0.2) is 29.4 Å². The van der Waals surface area contributed by atoms with E-state index in [2.05, 4.69) is 5.10 Å². The number of halogens is 3. The van der Waals surface area contributed by atoms with E-state index in [1.54, 1.807) is 0 Å². The molecule has 0 spiro atoms. The van der Waals surface area contributed by atoms with E-state index in [0.717, 1.165) is 0 Å². The van der Waals surface area contributed by atoms with Gasteiger partial charge in [0, 0.05) is 17.7 Å². The molecule has 0 saturated heterocycles. The fourth-order valence-corrected chi connectivity index (χ4v) is 2.37. The van der Waals surface area contributed by atoms with Crippen molar-refractivity contribution in [2.45, 2.75) is 45.0 Å². The zero-order chi connectivity index (χ0) is 18.1. The van der Waals surface area contributed by atoms with Gasteiger partial charge in [0.05, 0.1) is 0 Å². The van der Waals surface area contributed by atoms with Crippen LogP contribution in [0.1, 0.15) is 43.5 Å². The topological polar surface area (TPSA) is 73.1 Å². The molecule has 0 radical (unpaired) electrons. The van der Waals surface area contributed by atoms with Gasteiger partial charge in [-0.3, -0.25) is 4.79 Å². The Morgan fingerprint density at radius 3 is 2.42 bits per heavy atom. The minimum atomic E-state index is -5.04. The first-order chi connectivity index (χ1) is 11.0. The summed E-state index contributed by atoms with van der Waals surface area (Å²) in [7, 11) is 0. The van der Waals surface area contributed by atoms with Gasteiger partial charge in [-0.25, -0.2) is 0 Å². The van der Waals surface area contributed by atoms with E-state index in [9.17, 15) is 28.2 Å². The first-order valence-electron chi connectivity index (χ1n) is 7.53. The number of phenols is 1. The molecule has 24 heavy (non-hydrogen) atoms. The van der Waals surface area contributed by atoms with Crippen molar-refractivity contribution in [3.8, 4) is 5.75 Å². The number of aromatic hydroxyl groups is 1. The first-order valence-corrected chi connectivity index (χ1v) is 7.53. The van der Waals surface area contributed by atoms with Gasteiger partial charge >= 0.3 is 6.18 Å². The molecule has 0 aromatic heterocycles. The number of nitrogens with zero attached hydrogens (tertiary/aromatic N) is 2. The molecule has 1 atom stereocenters. The van der Waals surface area contributed by atoms with Crippen LogP contribution in [0.25, 0.3) is 0 Å². The summed E-state index contributed by atoms with van der Waals surface area (Å²) in [5.41, 5.74) is -3.33. The highest BCUT2D eigenvalue weighted by Gasteiger charge is 2.63. The van der Waals surface area contributed by atoms with Crippen molar-refractivity contribution in [1.29, 1.82) is 0 Å². The highest BCUT2D eigenvalue weighted by molar-refractivity contribution is 5.98. The second kappa shape index (κ2) is 6.43. The molecule has 1 aliphatic heterocycles. The van der Waals surface area contributed by atoms with Crippen LogP contribution in [-0.4, -0.2) is 38.7 Å². The van der Waals surface area contributed by atoms with Crippen molar-refractivity contribution >= 4 is 11.6 Å². The highest BCUT2D eigenvalue weighted by Crippen LogP contribution is 2.41. The van der Waals surface area contributed by atoms with E-state index in [1.165, 1.54) is 24.3 Å². The van der Waals surface area contributed by atoms with Crippen LogP contribution < -0.4 is 0 Å². The number of carbonyl (C=O) groups excluding carboxylic acids is 1. The van der Waals surface area contributed by atoms with Crippen LogP contribution in [0, 0.1) is 5.92 Å². The minimum Gasteiger partial charge on any atom is -0.508 e. The Hall–Kier alpha value is -2.09. The summed E-state index contributed by atoms with van der Waals surface area (Å²) in [6.45, 7) is 3.84. The number of rotatable bonds is 4. The van der Waals surface area contributed by atoms with Crippen LogP contribution in [0.3, 0.4) is 0 Å². The maximum Gasteiger partial charge on any atom is 0.438 e. The number of hydrazone groups is 1. The predicted octanol–water partition coefficient (Wildman–Crippen LogP) is 3.28. The fraction of sp³-hybridized carbons (Fsp3) is 0.500. The van der Waals surface area contributed by atoms with Crippen LogP contribution in [0.5, 0.6) is 5.75 Å². The Bertz CT molecular complexity index is 641. The monoisotopic (exact) mass is 344 g/mol. The molecule has 1 aliphatic rings. The number of aliphatic hydroxyl groups is 1. The number of hydrogen-bond donors (Lipinski definition) is 2. The normalized spacial score (nSPS) is 21.3. The third-order valence-corrected chi connectivity index (χ3v) is 3.81. The van der Waals surface area contributed by atoms with Crippen LogP contribution in [0.2, 0.25) is 0 Å². The average molecular weight is 344 g/mol. The van der Waals surface area contributed by atoms with Gasteiger partial charge in [0.25, 0.3) is 11.6 Å². The van der Waals surface area contributed by atoms with Crippen molar-refractivity contribution in [3.63, 3.8) is 0 Å². The van der Waals surface area contributed by atoms with Gasteiger partial charge in [-0.1, -0.05) is 13.8 Å². The van der Waals surface area contributed by atoms with Gasteiger partial charge < -0.3 is 10.2 Å². The molecule has 2 N–H and O–H groups in total. The molecule has 0 aliphatic carbocycles. The number of hydrogen-bond acceptors (Lipinski definition) is 4. The Kier molecular flexibility index (Phi) is 4.89. The molecule has 1 unspecified atom stereocenters. The second-order valence-corrected chi connectivity index (χ2v) is 6.25. The van der Waals surface area contributed by atoms with E-state index < -0.39 is 24.2 Å².